The minimum Gasteiger partial charge on any atom is -0.496 e. The molecule has 6 heteroatoms. The summed E-state index contributed by atoms with van der Waals surface area (Å²) in [5.41, 5.74) is 0.837. The highest BCUT2D eigenvalue weighted by Gasteiger charge is 2.10. The maximum atomic E-state index is 10.8. The lowest BCUT2D eigenvalue weighted by molar-refractivity contribution is -0.384. The van der Waals surface area contributed by atoms with Gasteiger partial charge in [-0.15, -0.1) is 0 Å². The largest absolute Gasteiger partial charge is 0.496 e. The molecule has 0 bridgehead atoms. The first-order chi connectivity index (χ1) is 9.54. The summed E-state index contributed by atoms with van der Waals surface area (Å²) in [4.78, 5) is 10.3. The van der Waals surface area contributed by atoms with E-state index in [1.54, 1.807) is 13.2 Å². The number of non-ortho nitro benzene ring substituents is 1. The zero-order valence-electron chi connectivity index (χ0n) is 12.2. The number of ether oxygens (including phenoxy) is 2. The second-order valence-electron chi connectivity index (χ2n) is 4.90. The Kier molecular flexibility index (Phi) is 6.97. The zero-order chi connectivity index (χ0) is 15.0. The molecule has 1 N–H and O–H groups in total. The zero-order valence-corrected chi connectivity index (χ0v) is 12.2. The molecule has 0 aromatic heterocycles. The van der Waals surface area contributed by atoms with Gasteiger partial charge in [0.2, 0.25) is 0 Å². The monoisotopic (exact) mass is 282 g/mol. The van der Waals surface area contributed by atoms with Gasteiger partial charge >= 0.3 is 0 Å². The van der Waals surface area contributed by atoms with Gasteiger partial charge in [0, 0.05) is 37.4 Å². The molecule has 0 spiro atoms. The van der Waals surface area contributed by atoms with Crippen molar-refractivity contribution in [3.63, 3.8) is 0 Å². The second kappa shape index (κ2) is 8.50. The van der Waals surface area contributed by atoms with E-state index in [2.05, 4.69) is 19.2 Å². The van der Waals surface area contributed by atoms with Gasteiger partial charge in [-0.05, 0) is 12.0 Å². The topological polar surface area (TPSA) is 73.6 Å². The fraction of sp³-hybridized carbons (Fsp3) is 0.571. The Morgan fingerprint density at radius 1 is 1.40 bits per heavy atom. The number of hydrogen-bond acceptors (Lipinski definition) is 5. The number of nitrogens with one attached hydrogen (secondary N) is 1. The predicted octanol–water partition coefficient (Wildman–Crippen LogP) is 2.37. The van der Waals surface area contributed by atoms with Gasteiger partial charge in [-0.1, -0.05) is 13.8 Å². The Balaban J connectivity index is 2.45. The second-order valence-corrected chi connectivity index (χ2v) is 4.90. The molecule has 6 nitrogen and oxygen atoms in total. The van der Waals surface area contributed by atoms with E-state index in [0.717, 1.165) is 12.2 Å². The van der Waals surface area contributed by atoms with Gasteiger partial charge in [-0.25, -0.2) is 0 Å². The number of benzene rings is 1. The molecule has 0 atom stereocenters. The van der Waals surface area contributed by atoms with Crippen molar-refractivity contribution >= 4 is 5.69 Å². The number of nitrogens with zero attached hydrogens (tertiary/aromatic N) is 1. The van der Waals surface area contributed by atoms with E-state index in [1.165, 1.54) is 12.1 Å². The van der Waals surface area contributed by atoms with Crippen LogP contribution in [0.3, 0.4) is 0 Å². The van der Waals surface area contributed by atoms with Gasteiger partial charge in [0.1, 0.15) is 5.75 Å². The third-order valence-corrected chi connectivity index (χ3v) is 2.66. The van der Waals surface area contributed by atoms with Crippen LogP contribution in [0.15, 0.2) is 18.2 Å². The van der Waals surface area contributed by atoms with E-state index in [9.17, 15) is 10.1 Å². The number of nitro benzene ring substituents is 1. The van der Waals surface area contributed by atoms with Gasteiger partial charge in [-0.3, -0.25) is 10.1 Å². The third kappa shape index (κ3) is 5.54. The molecule has 1 rings (SSSR count). The van der Waals surface area contributed by atoms with Crippen molar-refractivity contribution in [2.75, 3.05) is 26.9 Å². The average Bonchev–Trinajstić information content (AvgIpc) is 2.42. The van der Waals surface area contributed by atoms with Crippen molar-refractivity contribution in [1.82, 2.24) is 5.32 Å². The van der Waals surface area contributed by atoms with Crippen LogP contribution in [0.2, 0.25) is 0 Å². The van der Waals surface area contributed by atoms with Gasteiger partial charge in [0.25, 0.3) is 5.69 Å². The molecular weight excluding hydrogens is 260 g/mol. The SMILES string of the molecule is COc1ccc([N+](=O)[O-])cc1CNCCOCC(C)C. The lowest BCUT2D eigenvalue weighted by Gasteiger charge is -2.10. The normalized spacial score (nSPS) is 10.8. The minimum atomic E-state index is -0.408. The smallest absolute Gasteiger partial charge is 0.270 e. The van der Waals surface area contributed by atoms with Crippen molar-refractivity contribution in [3.05, 3.63) is 33.9 Å². The summed E-state index contributed by atoms with van der Waals surface area (Å²) in [7, 11) is 1.55. The molecule has 0 fully saturated rings. The Bertz CT molecular complexity index is 435. The minimum absolute atomic E-state index is 0.0682. The first-order valence-corrected chi connectivity index (χ1v) is 6.64. The van der Waals surface area contributed by atoms with Crippen molar-refractivity contribution in [2.24, 2.45) is 5.92 Å². The van der Waals surface area contributed by atoms with Crippen LogP contribution in [-0.2, 0) is 11.3 Å². The van der Waals surface area contributed by atoms with Crippen LogP contribution in [-0.4, -0.2) is 31.8 Å². The van der Waals surface area contributed by atoms with Crippen molar-refractivity contribution in [2.45, 2.75) is 20.4 Å². The molecule has 0 aliphatic rings. The Labute approximate surface area is 119 Å². The lowest BCUT2D eigenvalue weighted by atomic mass is 10.1. The highest BCUT2D eigenvalue weighted by atomic mass is 16.6. The Morgan fingerprint density at radius 2 is 2.15 bits per heavy atom. The Hall–Kier alpha value is -1.66. The third-order valence-electron chi connectivity index (χ3n) is 2.66. The van der Waals surface area contributed by atoms with Crippen LogP contribution in [0.4, 0.5) is 5.69 Å². The first kappa shape index (κ1) is 16.4. The number of methoxy groups -OCH3 is 1. The molecule has 112 valence electrons. The molecule has 0 saturated carbocycles. The van der Waals surface area contributed by atoms with Crippen LogP contribution < -0.4 is 10.1 Å². The van der Waals surface area contributed by atoms with Crippen LogP contribution in [0.25, 0.3) is 0 Å². The van der Waals surface area contributed by atoms with Crippen LogP contribution in [0, 0.1) is 16.0 Å². The summed E-state index contributed by atoms with van der Waals surface area (Å²) in [6.07, 6.45) is 0. The average molecular weight is 282 g/mol. The van der Waals surface area contributed by atoms with Crippen molar-refractivity contribution in [3.8, 4) is 5.75 Å². The molecule has 1 aromatic carbocycles. The van der Waals surface area contributed by atoms with E-state index in [4.69, 9.17) is 9.47 Å². The van der Waals surface area contributed by atoms with Crippen molar-refractivity contribution in [1.29, 1.82) is 0 Å². The highest BCUT2D eigenvalue weighted by Crippen LogP contribution is 2.23. The van der Waals surface area contributed by atoms with Gasteiger partial charge in [-0.2, -0.15) is 0 Å². The molecule has 20 heavy (non-hydrogen) atoms. The summed E-state index contributed by atoms with van der Waals surface area (Å²) in [6.45, 7) is 6.76. The quantitative estimate of drug-likeness (QED) is 0.427. The summed E-state index contributed by atoms with van der Waals surface area (Å²) in [5, 5.41) is 13.9. The van der Waals surface area contributed by atoms with Gasteiger partial charge < -0.3 is 14.8 Å². The molecular formula is C14H22N2O4. The van der Waals surface area contributed by atoms with E-state index < -0.39 is 4.92 Å². The molecule has 0 amide bonds. The predicted molar refractivity (Wildman–Crippen MR) is 77.0 cm³/mol. The first-order valence-electron chi connectivity index (χ1n) is 6.64. The van der Waals surface area contributed by atoms with Crippen LogP contribution >= 0.6 is 0 Å². The van der Waals surface area contributed by atoms with E-state index in [0.29, 0.717) is 31.4 Å². The molecule has 0 heterocycles. The maximum absolute atomic E-state index is 10.8. The van der Waals surface area contributed by atoms with Gasteiger partial charge in [0.05, 0.1) is 18.6 Å². The lowest BCUT2D eigenvalue weighted by Crippen LogP contribution is -2.20. The summed E-state index contributed by atoms with van der Waals surface area (Å²) >= 11 is 0. The summed E-state index contributed by atoms with van der Waals surface area (Å²) in [5.74, 6) is 1.16. The highest BCUT2D eigenvalue weighted by molar-refractivity contribution is 5.43. The molecule has 1 aromatic rings. The number of nitro groups is 1. The molecule has 0 aliphatic heterocycles. The van der Waals surface area contributed by atoms with E-state index in [1.807, 2.05) is 0 Å². The standard InChI is InChI=1S/C14H22N2O4/c1-11(2)10-20-7-6-15-9-12-8-13(16(17)18)4-5-14(12)19-3/h4-5,8,11,15H,6-7,9-10H2,1-3H3. The summed E-state index contributed by atoms with van der Waals surface area (Å²) < 4.78 is 10.6. The number of hydrogen-bond donors (Lipinski definition) is 1. The molecule has 0 unspecified atom stereocenters. The number of rotatable bonds is 9. The molecule has 0 radical (unpaired) electrons. The fourth-order valence-corrected chi connectivity index (χ4v) is 1.70. The van der Waals surface area contributed by atoms with Crippen molar-refractivity contribution < 1.29 is 14.4 Å². The summed E-state index contributed by atoms with van der Waals surface area (Å²) in [6, 6.07) is 4.58. The molecule has 0 saturated heterocycles. The van der Waals surface area contributed by atoms with Gasteiger partial charge in [0.15, 0.2) is 0 Å². The molecule has 0 aliphatic carbocycles. The van der Waals surface area contributed by atoms with E-state index >= 15 is 0 Å². The van der Waals surface area contributed by atoms with Crippen LogP contribution in [0.5, 0.6) is 5.75 Å². The maximum Gasteiger partial charge on any atom is 0.270 e. The Morgan fingerprint density at radius 3 is 2.75 bits per heavy atom. The fourth-order valence-electron chi connectivity index (χ4n) is 1.70. The van der Waals surface area contributed by atoms with E-state index in [-0.39, 0.29) is 5.69 Å². The van der Waals surface area contributed by atoms with Crippen LogP contribution in [0.1, 0.15) is 19.4 Å².